The van der Waals surface area contributed by atoms with Crippen molar-refractivity contribution in [3.63, 3.8) is 0 Å². The van der Waals surface area contributed by atoms with Crippen LogP contribution in [0.4, 0.5) is 5.69 Å². The summed E-state index contributed by atoms with van der Waals surface area (Å²) in [7, 11) is 1.86. The average Bonchev–Trinajstić information content (AvgIpc) is 3.19. The molecule has 0 radical (unpaired) electrons. The van der Waals surface area contributed by atoms with Crippen molar-refractivity contribution < 1.29 is 4.79 Å². The summed E-state index contributed by atoms with van der Waals surface area (Å²) in [4.78, 5) is 19.1. The summed E-state index contributed by atoms with van der Waals surface area (Å²) in [6.07, 6.45) is 6.31. The van der Waals surface area contributed by atoms with Gasteiger partial charge in [-0.25, -0.2) is 0 Å². The monoisotopic (exact) mass is 468 g/mol. The third-order valence-electron chi connectivity index (χ3n) is 6.11. The molecule has 5 nitrogen and oxygen atoms in total. The maximum atomic E-state index is 12.2. The third-order valence-corrected chi connectivity index (χ3v) is 6.11. The van der Waals surface area contributed by atoms with Crippen molar-refractivity contribution in [2.75, 3.05) is 32.0 Å². The molecule has 3 aliphatic rings. The Bertz CT molecular complexity index is 664. The van der Waals surface area contributed by atoms with Gasteiger partial charge in [0.15, 0.2) is 5.96 Å². The molecule has 0 aromatic heterocycles. The predicted molar refractivity (Wildman–Crippen MR) is 116 cm³/mol. The van der Waals surface area contributed by atoms with Crippen molar-refractivity contribution in [1.29, 1.82) is 0 Å². The second-order valence-electron chi connectivity index (χ2n) is 7.60. The molecule has 1 saturated carbocycles. The number of fused-ring (bicyclic) bond motifs is 2. The molecular formula is C20H29IN4O. The molecule has 4 rings (SSSR count). The fourth-order valence-electron chi connectivity index (χ4n) is 4.80. The molecule has 1 aromatic rings. The molecule has 1 aliphatic carbocycles. The first kappa shape index (κ1) is 19.5. The number of likely N-dealkylation sites (tertiary alicyclic amines) is 1. The number of hydrogen-bond donors (Lipinski definition) is 2. The summed E-state index contributed by atoms with van der Waals surface area (Å²) >= 11 is 0. The van der Waals surface area contributed by atoms with Crippen molar-refractivity contribution >= 4 is 41.5 Å². The summed E-state index contributed by atoms with van der Waals surface area (Å²) in [6, 6.07) is 8.00. The van der Waals surface area contributed by atoms with Crippen LogP contribution in [-0.2, 0) is 4.79 Å². The Balaban J connectivity index is 0.00000196. The number of carbonyl (C=O) groups excluding carboxylic acids is 1. The Kier molecular flexibility index (Phi) is 6.42. The summed E-state index contributed by atoms with van der Waals surface area (Å²) < 4.78 is 0. The summed E-state index contributed by atoms with van der Waals surface area (Å²) in [6.45, 7) is 3.04. The number of amides is 1. The minimum Gasteiger partial charge on any atom is -0.356 e. The fourth-order valence-corrected chi connectivity index (χ4v) is 4.80. The van der Waals surface area contributed by atoms with E-state index in [1.165, 1.54) is 25.7 Å². The molecule has 2 aliphatic heterocycles. The quantitative estimate of drug-likeness (QED) is 0.406. The van der Waals surface area contributed by atoms with Gasteiger partial charge < -0.3 is 15.5 Å². The van der Waals surface area contributed by atoms with Gasteiger partial charge in [-0.05, 0) is 42.7 Å². The van der Waals surface area contributed by atoms with Crippen LogP contribution < -0.4 is 10.6 Å². The molecule has 2 fully saturated rings. The highest BCUT2D eigenvalue weighted by Crippen LogP contribution is 2.36. The maximum absolute atomic E-state index is 12.2. The lowest BCUT2D eigenvalue weighted by atomic mass is 9.82. The van der Waals surface area contributed by atoms with Crippen LogP contribution in [0.1, 0.15) is 43.6 Å². The van der Waals surface area contributed by atoms with E-state index in [2.05, 4.69) is 26.6 Å². The van der Waals surface area contributed by atoms with Crippen LogP contribution in [0.25, 0.3) is 0 Å². The van der Waals surface area contributed by atoms with Crippen LogP contribution in [0.3, 0.4) is 0 Å². The lowest BCUT2D eigenvalue weighted by Gasteiger charge is -2.22. The predicted octanol–water partition coefficient (Wildman–Crippen LogP) is 3.43. The smallest absolute Gasteiger partial charge is 0.232 e. The van der Waals surface area contributed by atoms with Crippen LogP contribution in [0, 0.1) is 11.8 Å². The molecular weight excluding hydrogens is 439 g/mol. The molecule has 2 N–H and O–H groups in total. The number of rotatable bonds is 3. The first-order chi connectivity index (χ1) is 12.3. The standard InChI is InChI=1S/C20H28N4O.HI/c1-21-20(24-12-14-6-2-3-7-15(14)13-24)22-11-10-17-16-8-4-5-9-18(16)23-19(17)25;/h4-5,8-9,14-15,17H,2-3,6-7,10-13H2,1H3,(H,21,22)(H,23,25);1H. The highest BCUT2D eigenvalue weighted by Gasteiger charge is 2.35. The lowest BCUT2D eigenvalue weighted by molar-refractivity contribution is -0.117. The number of anilines is 1. The van der Waals surface area contributed by atoms with Gasteiger partial charge in [0.1, 0.15) is 0 Å². The fraction of sp³-hybridized carbons (Fsp3) is 0.600. The number of para-hydroxylation sites is 1. The number of nitrogens with zero attached hydrogens (tertiary/aromatic N) is 2. The van der Waals surface area contributed by atoms with E-state index in [9.17, 15) is 4.79 Å². The highest BCUT2D eigenvalue weighted by molar-refractivity contribution is 14.0. The lowest BCUT2D eigenvalue weighted by Crippen LogP contribution is -2.41. The highest BCUT2D eigenvalue weighted by atomic mass is 127. The minimum absolute atomic E-state index is 0. The molecule has 6 heteroatoms. The SMILES string of the molecule is CN=C(NCCC1C(=O)Nc2ccccc21)N1CC2CCCCC2C1.I. The van der Waals surface area contributed by atoms with E-state index in [1.807, 2.05) is 25.2 Å². The molecule has 3 atom stereocenters. The van der Waals surface area contributed by atoms with Crippen molar-refractivity contribution in [1.82, 2.24) is 10.2 Å². The zero-order valence-electron chi connectivity index (χ0n) is 15.4. The second-order valence-corrected chi connectivity index (χ2v) is 7.60. The maximum Gasteiger partial charge on any atom is 0.232 e. The first-order valence-electron chi connectivity index (χ1n) is 9.61. The van der Waals surface area contributed by atoms with Crippen molar-refractivity contribution in [3.05, 3.63) is 29.8 Å². The van der Waals surface area contributed by atoms with Crippen LogP contribution in [0.5, 0.6) is 0 Å². The molecule has 26 heavy (non-hydrogen) atoms. The molecule has 0 bridgehead atoms. The van der Waals surface area contributed by atoms with Gasteiger partial charge in [0, 0.05) is 32.4 Å². The van der Waals surface area contributed by atoms with E-state index in [0.29, 0.717) is 0 Å². The zero-order valence-corrected chi connectivity index (χ0v) is 17.7. The van der Waals surface area contributed by atoms with Crippen LogP contribution >= 0.6 is 24.0 Å². The molecule has 1 saturated heterocycles. The summed E-state index contributed by atoms with van der Waals surface area (Å²) in [5.41, 5.74) is 2.09. The van der Waals surface area contributed by atoms with Gasteiger partial charge in [-0.3, -0.25) is 9.79 Å². The third kappa shape index (κ3) is 3.85. The van der Waals surface area contributed by atoms with Crippen molar-refractivity contribution in [2.24, 2.45) is 16.8 Å². The van der Waals surface area contributed by atoms with E-state index in [4.69, 9.17) is 0 Å². The molecule has 2 heterocycles. The van der Waals surface area contributed by atoms with Crippen molar-refractivity contribution in [3.8, 4) is 0 Å². The van der Waals surface area contributed by atoms with Crippen LogP contribution in [0.2, 0.25) is 0 Å². The van der Waals surface area contributed by atoms with E-state index in [0.717, 1.165) is 55.1 Å². The Labute approximate surface area is 173 Å². The van der Waals surface area contributed by atoms with Gasteiger partial charge in [0.2, 0.25) is 5.91 Å². The first-order valence-corrected chi connectivity index (χ1v) is 9.61. The van der Waals surface area contributed by atoms with Gasteiger partial charge in [-0.15, -0.1) is 24.0 Å². The zero-order chi connectivity index (χ0) is 17.2. The average molecular weight is 468 g/mol. The van der Waals surface area contributed by atoms with Gasteiger partial charge in [-0.2, -0.15) is 0 Å². The normalized spacial score (nSPS) is 27.4. The number of guanidine groups is 1. The number of nitrogens with one attached hydrogen (secondary N) is 2. The van der Waals surface area contributed by atoms with Gasteiger partial charge in [0.25, 0.3) is 0 Å². The largest absolute Gasteiger partial charge is 0.356 e. The van der Waals surface area contributed by atoms with Gasteiger partial charge in [-0.1, -0.05) is 31.0 Å². The number of aliphatic imine (C=N–C) groups is 1. The molecule has 1 aromatic carbocycles. The Morgan fingerprint density at radius 3 is 2.62 bits per heavy atom. The van der Waals surface area contributed by atoms with Crippen LogP contribution in [-0.4, -0.2) is 43.4 Å². The summed E-state index contributed by atoms with van der Waals surface area (Å²) in [5.74, 6) is 2.76. The molecule has 1 amide bonds. The van der Waals surface area contributed by atoms with E-state index in [-0.39, 0.29) is 35.8 Å². The molecule has 0 spiro atoms. The topological polar surface area (TPSA) is 56.7 Å². The summed E-state index contributed by atoms with van der Waals surface area (Å²) in [5, 5.41) is 6.48. The van der Waals surface area contributed by atoms with Gasteiger partial charge >= 0.3 is 0 Å². The Morgan fingerprint density at radius 2 is 1.92 bits per heavy atom. The molecule has 3 unspecified atom stereocenters. The number of benzene rings is 1. The van der Waals surface area contributed by atoms with Crippen LogP contribution in [0.15, 0.2) is 29.3 Å². The second kappa shape index (κ2) is 8.59. The molecule has 142 valence electrons. The van der Waals surface area contributed by atoms with Gasteiger partial charge in [0.05, 0.1) is 5.92 Å². The van der Waals surface area contributed by atoms with E-state index >= 15 is 0 Å². The number of carbonyl (C=O) groups is 1. The minimum atomic E-state index is -0.0528. The van der Waals surface area contributed by atoms with Crippen molar-refractivity contribution in [2.45, 2.75) is 38.0 Å². The number of hydrogen-bond acceptors (Lipinski definition) is 2. The number of halogens is 1. The van der Waals surface area contributed by atoms with E-state index in [1.54, 1.807) is 0 Å². The Hall–Kier alpha value is -1.31. The Morgan fingerprint density at radius 1 is 1.23 bits per heavy atom. The van der Waals surface area contributed by atoms with E-state index < -0.39 is 0 Å².